The number of nitrogens with one attached hydrogen (secondary N) is 1. The number of benzene rings is 1. The maximum Gasteiger partial charge on any atom is 0.216 e. The minimum atomic E-state index is -0.0709. The fourth-order valence-corrected chi connectivity index (χ4v) is 3.79. The molecule has 26 heavy (non-hydrogen) atoms. The van der Waals surface area contributed by atoms with Crippen LogP contribution in [0, 0.1) is 0 Å². The molecular weight excluding hydrogens is 420 g/mol. The first kappa shape index (κ1) is 20.4. The molecule has 0 atom stereocenters. The molecule has 1 amide bonds. The summed E-state index contributed by atoms with van der Waals surface area (Å²) in [6, 6.07) is 5.26. The minimum Gasteiger partial charge on any atom is -0.496 e. The van der Waals surface area contributed by atoms with Crippen LogP contribution in [0.4, 0.5) is 0 Å². The van der Waals surface area contributed by atoms with E-state index in [0.717, 1.165) is 10.3 Å². The SMILES string of the molecule is CCn1c(CCNC(C)=O)nnc1SCC(=O)c1ccc(OC)c(Br)c1. The lowest BCUT2D eigenvalue weighted by molar-refractivity contribution is -0.118. The molecule has 0 spiro atoms. The quantitative estimate of drug-likeness (QED) is 0.476. The van der Waals surface area contributed by atoms with Crippen molar-refractivity contribution in [3.63, 3.8) is 0 Å². The third kappa shape index (κ3) is 5.31. The first-order valence-corrected chi connectivity index (χ1v) is 9.90. The molecule has 7 nitrogen and oxygen atoms in total. The number of methoxy groups -OCH3 is 1. The number of carbonyl (C=O) groups is 2. The van der Waals surface area contributed by atoms with E-state index in [1.807, 2.05) is 11.5 Å². The summed E-state index contributed by atoms with van der Waals surface area (Å²) >= 11 is 4.75. The number of hydrogen-bond donors (Lipinski definition) is 1. The average molecular weight is 441 g/mol. The lowest BCUT2D eigenvalue weighted by atomic mass is 10.1. The van der Waals surface area contributed by atoms with Gasteiger partial charge in [0.1, 0.15) is 11.6 Å². The highest BCUT2D eigenvalue weighted by Gasteiger charge is 2.15. The van der Waals surface area contributed by atoms with E-state index < -0.39 is 0 Å². The number of thioether (sulfide) groups is 1. The molecule has 2 aromatic rings. The molecule has 0 aliphatic carbocycles. The van der Waals surface area contributed by atoms with Crippen molar-refractivity contribution >= 4 is 39.4 Å². The molecule has 9 heteroatoms. The minimum absolute atomic E-state index is 0.00352. The van der Waals surface area contributed by atoms with Gasteiger partial charge in [-0.05, 0) is 41.1 Å². The molecule has 2 rings (SSSR count). The highest BCUT2D eigenvalue weighted by Crippen LogP contribution is 2.26. The number of Topliss-reactive ketones (excluding diaryl/α,β-unsaturated/α-hetero) is 1. The van der Waals surface area contributed by atoms with Gasteiger partial charge in [-0.25, -0.2) is 0 Å². The molecule has 1 aromatic carbocycles. The van der Waals surface area contributed by atoms with Crippen LogP contribution in [0.2, 0.25) is 0 Å². The number of rotatable bonds is 9. The monoisotopic (exact) mass is 440 g/mol. The summed E-state index contributed by atoms with van der Waals surface area (Å²) in [5.41, 5.74) is 0.610. The normalized spacial score (nSPS) is 10.6. The first-order valence-electron chi connectivity index (χ1n) is 8.12. The highest BCUT2D eigenvalue weighted by molar-refractivity contribution is 9.10. The van der Waals surface area contributed by atoms with Crippen molar-refractivity contribution in [1.82, 2.24) is 20.1 Å². The van der Waals surface area contributed by atoms with Gasteiger partial charge in [0.2, 0.25) is 5.91 Å². The van der Waals surface area contributed by atoms with Crippen LogP contribution >= 0.6 is 27.7 Å². The van der Waals surface area contributed by atoms with Crippen LogP contribution in [0.3, 0.4) is 0 Å². The standard InChI is InChI=1S/C17H21BrN4O3S/c1-4-22-16(7-8-19-11(2)23)20-21-17(22)26-10-14(24)12-5-6-15(25-3)13(18)9-12/h5-6,9H,4,7-8,10H2,1-3H3,(H,19,23). The summed E-state index contributed by atoms with van der Waals surface area (Å²) in [7, 11) is 1.58. The van der Waals surface area contributed by atoms with Crippen LogP contribution in [-0.4, -0.2) is 45.9 Å². The van der Waals surface area contributed by atoms with E-state index in [1.54, 1.807) is 25.3 Å². The van der Waals surface area contributed by atoms with Crippen LogP contribution in [0.15, 0.2) is 27.8 Å². The second-order valence-electron chi connectivity index (χ2n) is 5.44. The van der Waals surface area contributed by atoms with E-state index >= 15 is 0 Å². The molecule has 0 fully saturated rings. The number of halogens is 1. The van der Waals surface area contributed by atoms with Gasteiger partial charge in [0, 0.05) is 32.0 Å². The van der Waals surface area contributed by atoms with Gasteiger partial charge < -0.3 is 14.6 Å². The Morgan fingerprint density at radius 3 is 2.73 bits per heavy atom. The smallest absolute Gasteiger partial charge is 0.216 e. The molecule has 0 saturated carbocycles. The molecule has 0 unspecified atom stereocenters. The largest absolute Gasteiger partial charge is 0.496 e. The Morgan fingerprint density at radius 1 is 1.35 bits per heavy atom. The lowest BCUT2D eigenvalue weighted by Crippen LogP contribution is -2.23. The van der Waals surface area contributed by atoms with Crippen LogP contribution in [0.25, 0.3) is 0 Å². The Labute approximate surface area is 165 Å². The molecule has 1 N–H and O–H groups in total. The number of aromatic nitrogens is 3. The van der Waals surface area contributed by atoms with Gasteiger partial charge in [-0.15, -0.1) is 10.2 Å². The predicted octanol–water partition coefficient (Wildman–Crippen LogP) is 2.72. The van der Waals surface area contributed by atoms with Gasteiger partial charge in [-0.1, -0.05) is 11.8 Å². The zero-order valence-electron chi connectivity index (χ0n) is 14.9. The summed E-state index contributed by atoms with van der Waals surface area (Å²) < 4.78 is 7.88. The Hall–Kier alpha value is -1.87. The van der Waals surface area contributed by atoms with Crippen molar-refractivity contribution in [2.75, 3.05) is 19.4 Å². The summed E-state index contributed by atoms with van der Waals surface area (Å²) in [6.45, 7) is 4.69. The zero-order valence-corrected chi connectivity index (χ0v) is 17.3. The van der Waals surface area contributed by atoms with Crippen LogP contribution in [-0.2, 0) is 17.8 Å². The Kier molecular flexibility index (Phi) is 7.65. The Balaban J connectivity index is 2.00. The third-order valence-electron chi connectivity index (χ3n) is 3.64. The molecule has 0 aliphatic rings. The molecule has 1 aromatic heterocycles. The molecule has 1 heterocycles. The van der Waals surface area contributed by atoms with Crippen molar-refractivity contribution < 1.29 is 14.3 Å². The summed E-state index contributed by atoms with van der Waals surface area (Å²) in [6.07, 6.45) is 0.598. The predicted molar refractivity (Wildman–Crippen MR) is 104 cm³/mol. The fraction of sp³-hybridized carbons (Fsp3) is 0.412. The number of ether oxygens (including phenoxy) is 1. The number of ketones is 1. The summed E-state index contributed by atoms with van der Waals surface area (Å²) in [4.78, 5) is 23.4. The van der Waals surface area contributed by atoms with Crippen LogP contribution in [0.1, 0.15) is 30.0 Å². The Bertz CT molecular complexity index is 794. The van der Waals surface area contributed by atoms with E-state index in [9.17, 15) is 9.59 Å². The zero-order chi connectivity index (χ0) is 19.1. The second kappa shape index (κ2) is 9.72. The first-order chi connectivity index (χ1) is 12.5. The summed E-state index contributed by atoms with van der Waals surface area (Å²) in [5, 5.41) is 11.8. The maximum absolute atomic E-state index is 12.4. The van der Waals surface area contributed by atoms with Crippen molar-refractivity contribution in [2.45, 2.75) is 32.0 Å². The number of carbonyl (C=O) groups excluding carboxylic acids is 2. The molecule has 0 aliphatic heterocycles. The van der Waals surface area contributed by atoms with Gasteiger partial charge in [-0.2, -0.15) is 0 Å². The molecule has 0 saturated heterocycles. The van der Waals surface area contributed by atoms with E-state index in [0.29, 0.717) is 36.0 Å². The topological polar surface area (TPSA) is 86.1 Å². The maximum atomic E-state index is 12.4. The molecular formula is C17H21BrN4O3S. The van der Waals surface area contributed by atoms with Gasteiger partial charge in [0.25, 0.3) is 0 Å². The fourth-order valence-electron chi connectivity index (χ4n) is 2.33. The molecule has 0 radical (unpaired) electrons. The van der Waals surface area contributed by atoms with Gasteiger partial charge in [0.15, 0.2) is 10.9 Å². The number of nitrogens with zero attached hydrogens (tertiary/aromatic N) is 3. The molecule has 140 valence electrons. The Morgan fingerprint density at radius 2 is 2.12 bits per heavy atom. The van der Waals surface area contributed by atoms with Gasteiger partial charge in [-0.3, -0.25) is 9.59 Å². The van der Waals surface area contributed by atoms with E-state index in [-0.39, 0.29) is 17.4 Å². The van der Waals surface area contributed by atoms with E-state index in [4.69, 9.17) is 4.74 Å². The van der Waals surface area contributed by atoms with Crippen LogP contribution < -0.4 is 10.1 Å². The highest BCUT2D eigenvalue weighted by atomic mass is 79.9. The third-order valence-corrected chi connectivity index (χ3v) is 5.22. The number of amides is 1. The van der Waals surface area contributed by atoms with E-state index in [1.165, 1.54) is 18.7 Å². The molecule has 0 bridgehead atoms. The lowest BCUT2D eigenvalue weighted by Gasteiger charge is -2.08. The summed E-state index contributed by atoms with van der Waals surface area (Å²) in [5.74, 6) is 1.68. The van der Waals surface area contributed by atoms with Crippen LogP contribution in [0.5, 0.6) is 5.75 Å². The van der Waals surface area contributed by atoms with Gasteiger partial charge in [0.05, 0.1) is 17.3 Å². The van der Waals surface area contributed by atoms with Crippen molar-refractivity contribution in [3.8, 4) is 5.75 Å². The average Bonchev–Trinajstić information content (AvgIpc) is 3.01. The van der Waals surface area contributed by atoms with Crippen molar-refractivity contribution in [1.29, 1.82) is 0 Å². The van der Waals surface area contributed by atoms with E-state index in [2.05, 4.69) is 31.4 Å². The second-order valence-corrected chi connectivity index (χ2v) is 7.23. The van der Waals surface area contributed by atoms with Gasteiger partial charge >= 0.3 is 0 Å². The van der Waals surface area contributed by atoms with Crippen molar-refractivity contribution in [3.05, 3.63) is 34.1 Å². The number of hydrogen-bond acceptors (Lipinski definition) is 6. The van der Waals surface area contributed by atoms with Crippen molar-refractivity contribution in [2.24, 2.45) is 0 Å².